The average molecular weight is 321 g/mol. The minimum atomic E-state index is -0.578. The van der Waals surface area contributed by atoms with Crippen LogP contribution in [0.2, 0.25) is 0 Å². The minimum absolute atomic E-state index is 0.00599. The van der Waals surface area contributed by atoms with Crippen molar-refractivity contribution in [1.29, 1.82) is 5.26 Å². The number of hydrogen-bond donors (Lipinski definition) is 0. The van der Waals surface area contributed by atoms with E-state index in [0.717, 1.165) is 5.39 Å². The van der Waals surface area contributed by atoms with E-state index in [2.05, 4.69) is 6.07 Å². The fourth-order valence-electron chi connectivity index (χ4n) is 2.52. The number of nitriles is 1. The first kappa shape index (κ1) is 15.8. The lowest BCUT2D eigenvalue weighted by molar-refractivity contribution is 0.0432. The number of hydrogen-bond acceptors (Lipinski definition) is 5. The second-order valence-electron chi connectivity index (χ2n) is 5.18. The average Bonchev–Trinajstić information content (AvgIpc) is 2.99. The molecule has 0 aliphatic rings. The molecule has 1 aromatic heterocycles. The Kier molecular flexibility index (Phi) is 4.59. The van der Waals surface area contributed by atoms with Crippen LogP contribution in [0.3, 0.4) is 0 Å². The third-order valence-corrected chi connectivity index (χ3v) is 3.67. The van der Waals surface area contributed by atoms with Gasteiger partial charge in [0.05, 0.1) is 18.2 Å². The van der Waals surface area contributed by atoms with E-state index >= 15 is 0 Å². The van der Waals surface area contributed by atoms with Crippen molar-refractivity contribution in [2.45, 2.75) is 13.2 Å². The van der Waals surface area contributed by atoms with Gasteiger partial charge in [0.15, 0.2) is 0 Å². The molecule has 0 radical (unpaired) electrons. The molecule has 0 aliphatic heterocycles. The Labute approximate surface area is 139 Å². The summed E-state index contributed by atoms with van der Waals surface area (Å²) in [7, 11) is 1.56. The van der Waals surface area contributed by atoms with Gasteiger partial charge in [0.1, 0.15) is 12.2 Å². The van der Waals surface area contributed by atoms with Gasteiger partial charge in [-0.25, -0.2) is 4.79 Å². The number of ether oxygens (including phenoxy) is 2. The van der Waals surface area contributed by atoms with Crippen LogP contribution in [0.5, 0.6) is 0 Å². The van der Waals surface area contributed by atoms with Crippen LogP contribution in [-0.4, -0.2) is 13.1 Å². The Morgan fingerprint density at radius 3 is 2.67 bits per heavy atom. The van der Waals surface area contributed by atoms with Crippen molar-refractivity contribution in [1.82, 2.24) is 0 Å². The van der Waals surface area contributed by atoms with Crippen molar-refractivity contribution in [3.63, 3.8) is 0 Å². The molecule has 120 valence electrons. The number of nitrogens with zero attached hydrogens (tertiary/aromatic N) is 1. The molecule has 5 heteroatoms. The topological polar surface area (TPSA) is 72.5 Å². The molecule has 0 aliphatic carbocycles. The van der Waals surface area contributed by atoms with Gasteiger partial charge in [-0.3, -0.25) is 0 Å². The third kappa shape index (κ3) is 3.00. The summed E-state index contributed by atoms with van der Waals surface area (Å²) in [5.41, 5.74) is 2.39. The van der Waals surface area contributed by atoms with E-state index < -0.39 is 5.97 Å². The summed E-state index contributed by atoms with van der Waals surface area (Å²) < 4.78 is 16.1. The quantitative estimate of drug-likeness (QED) is 0.668. The van der Waals surface area contributed by atoms with Crippen LogP contribution in [0.15, 0.2) is 52.9 Å². The highest BCUT2D eigenvalue weighted by molar-refractivity contribution is 5.96. The standard InChI is InChI=1S/C19H15NO4/c1-22-12-16-15-8-4-5-9-17(15)24-18(16)19(21)23-11-14-7-3-2-6-13(14)10-20/h2-9H,11-12H2,1H3. The van der Waals surface area contributed by atoms with Crippen molar-refractivity contribution in [3.8, 4) is 6.07 Å². The van der Waals surface area contributed by atoms with Crippen LogP contribution in [0.25, 0.3) is 11.0 Å². The smallest absolute Gasteiger partial charge is 0.374 e. The van der Waals surface area contributed by atoms with Crippen LogP contribution in [0.4, 0.5) is 0 Å². The van der Waals surface area contributed by atoms with E-state index in [1.54, 1.807) is 37.4 Å². The number of carbonyl (C=O) groups excluding carboxylic acids is 1. The SMILES string of the molecule is COCc1c(C(=O)OCc2ccccc2C#N)oc2ccccc12. The largest absolute Gasteiger partial charge is 0.455 e. The van der Waals surface area contributed by atoms with Crippen molar-refractivity contribution >= 4 is 16.9 Å². The number of fused-ring (bicyclic) bond motifs is 1. The highest BCUT2D eigenvalue weighted by Crippen LogP contribution is 2.27. The lowest BCUT2D eigenvalue weighted by Crippen LogP contribution is -2.08. The van der Waals surface area contributed by atoms with E-state index in [9.17, 15) is 4.79 Å². The van der Waals surface area contributed by atoms with Gasteiger partial charge in [0, 0.05) is 23.6 Å². The molecule has 1 heterocycles. The molecular formula is C19H15NO4. The van der Waals surface area contributed by atoms with Gasteiger partial charge >= 0.3 is 5.97 Å². The van der Waals surface area contributed by atoms with Crippen LogP contribution in [-0.2, 0) is 22.7 Å². The van der Waals surface area contributed by atoms with Crippen molar-refractivity contribution in [2.75, 3.05) is 7.11 Å². The van der Waals surface area contributed by atoms with Crippen LogP contribution in [0.1, 0.15) is 27.2 Å². The van der Waals surface area contributed by atoms with E-state index in [1.165, 1.54) is 0 Å². The molecular weight excluding hydrogens is 306 g/mol. The molecule has 0 fully saturated rings. The predicted octanol–water partition coefficient (Wildman–Crippen LogP) is 3.81. The normalized spacial score (nSPS) is 10.5. The molecule has 0 saturated heterocycles. The molecule has 2 aromatic carbocycles. The van der Waals surface area contributed by atoms with Crippen LogP contribution < -0.4 is 0 Å². The molecule has 0 spiro atoms. The second kappa shape index (κ2) is 6.99. The van der Waals surface area contributed by atoms with Gasteiger partial charge in [-0.05, 0) is 12.1 Å². The number of furan rings is 1. The number of carbonyl (C=O) groups is 1. The molecule has 3 aromatic rings. The number of esters is 1. The first-order chi connectivity index (χ1) is 11.7. The maximum atomic E-state index is 12.4. The van der Waals surface area contributed by atoms with E-state index in [0.29, 0.717) is 22.3 Å². The van der Waals surface area contributed by atoms with E-state index in [4.69, 9.17) is 19.2 Å². The zero-order valence-electron chi connectivity index (χ0n) is 13.1. The Morgan fingerprint density at radius 2 is 1.88 bits per heavy atom. The summed E-state index contributed by atoms with van der Waals surface area (Å²) in [5, 5.41) is 9.91. The van der Waals surface area contributed by atoms with Crippen molar-refractivity contribution in [2.24, 2.45) is 0 Å². The Morgan fingerprint density at radius 1 is 1.12 bits per heavy atom. The van der Waals surface area contributed by atoms with Crippen molar-refractivity contribution < 1.29 is 18.7 Å². The van der Waals surface area contributed by atoms with E-state index in [1.807, 2.05) is 18.2 Å². The zero-order chi connectivity index (χ0) is 16.9. The summed E-state index contributed by atoms with van der Waals surface area (Å²) >= 11 is 0. The van der Waals surface area contributed by atoms with E-state index in [-0.39, 0.29) is 19.0 Å². The Balaban J connectivity index is 1.86. The summed E-state index contributed by atoms with van der Waals surface area (Å²) in [5.74, 6) is -0.446. The lowest BCUT2D eigenvalue weighted by Gasteiger charge is -2.06. The molecule has 5 nitrogen and oxygen atoms in total. The molecule has 0 N–H and O–H groups in total. The number of methoxy groups -OCH3 is 1. The maximum absolute atomic E-state index is 12.4. The predicted molar refractivity (Wildman–Crippen MR) is 87.2 cm³/mol. The van der Waals surface area contributed by atoms with Gasteiger partial charge < -0.3 is 13.9 Å². The van der Waals surface area contributed by atoms with Crippen LogP contribution in [0, 0.1) is 11.3 Å². The van der Waals surface area contributed by atoms with Gasteiger partial charge in [0.2, 0.25) is 5.76 Å². The third-order valence-electron chi connectivity index (χ3n) is 3.67. The fraction of sp³-hybridized carbons (Fsp3) is 0.158. The van der Waals surface area contributed by atoms with Gasteiger partial charge in [-0.2, -0.15) is 5.26 Å². The summed E-state index contributed by atoms with van der Waals surface area (Å²) in [6.45, 7) is 0.252. The molecule has 0 unspecified atom stereocenters. The lowest BCUT2D eigenvalue weighted by atomic mass is 10.1. The summed E-state index contributed by atoms with van der Waals surface area (Å²) in [6.07, 6.45) is 0. The maximum Gasteiger partial charge on any atom is 0.374 e. The summed E-state index contributed by atoms with van der Waals surface area (Å²) in [4.78, 5) is 12.4. The minimum Gasteiger partial charge on any atom is -0.455 e. The highest BCUT2D eigenvalue weighted by Gasteiger charge is 2.22. The first-order valence-electron chi connectivity index (χ1n) is 7.39. The monoisotopic (exact) mass is 321 g/mol. The van der Waals surface area contributed by atoms with Gasteiger partial charge in [-0.15, -0.1) is 0 Å². The fourth-order valence-corrected chi connectivity index (χ4v) is 2.52. The zero-order valence-corrected chi connectivity index (χ0v) is 13.1. The number of benzene rings is 2. The first-order valence-corrected chi connectivity index (χ1v) is 7.39. The number of rotatable bonds is 5. The summed E-state index contributed by atoms with van der Waals surface area (Å²) in [6, 6.07) is 16.4. The Bertz CT molecular complexity index is 921. The highest BCUT2D eigenvalue weighted by atomic mass is 16.5. The van der Waals surface area contributed by atoms with Gasteiger partial charge in [0.25, 0.3) is 0 Å². The van der Waals surface area contributed by atoms with Crippen molar-refractivity contribution in [3.05, 3.63) is 71.0 Å². The molecule has 24 heavy (non-hydrogen) atoms. The van der Waals surface area contributed by atoms with Gasteiger partial charge in [-0.1, -0.05) is 36.4 Å². The second-order valence-corrected chi connectivity index (χ2v) is 5.18. The molecule has 3 rings (SSSR count). The molecule has 0 atom stereocenters. The Hall–Kier alpha value is -3.10. The number of para-hydroxylation sites is 1. The molecule has 0 bridgehead atoms. The molecule has 0 amide bonds. The molecule has 0 saturated carbocycles. The van der Waals surface area contributed by atoms with Crippen LogP contribution >= 0.6 is 0 Å².